The zero-order valence-corrected chi connectivity index (χ0v) is 15.7. The Morgan fingerprint density at radius 1 is 1.08 bits per heavy atom. The fourth-order valence-electron chi connectivity index (χ4n) is 3.03. The molecule has 0 saturated carbocycles. The van der Waals surface area contributed by atoms with Gasteiger partial charge in [0.05, 0.1) is 11.4 Å². The third-order valence-electron chi connectivity index (χ3n) is 4.37. The first-order valence-electron chi connectivity index (χ1n) is 8.51. The number of benzene rings is 1. The van der Waals surface area contributed by atoms with E-state index in [1.807, 2.05) is 32.0 Å². The second-order valence-electron chi connectivity index (χ2n) is 6.57. The van der Waals surface area contributed by atoms with E-state index < -0.39 is 10.0 Å². The van der Waals surface area contributed by atoms with Crippen LogP contribution < -0.4 is 9.62 Å². The monoisotopic (exact) mass is 360 g/mol. The minimum absolute atomic E-state index is 0.0816. The van der Waals surface area contributed by atoms with Gasteiger partial charge in [-0.15, -0.1) is 0 Å². The Morgan fingerprint density at radius 3 is 2.52 bits per heavy atom. The van der Waals surface area contributed by atoms with Crippen LogP contribution in [0.25, 0.3) is 0 Å². The fourth-order valence-corrected chi connectivity index (χ4v) is 4.34. The number of rotatable bonds is 5. The van der Waals surface area contributed by atoms with Gasteiger partial charge in [0.25, 0.3) is 0 Å². The summed E-state index contributed by atoms with van der Waals surface area (Å²) in [6, 6.07) is 7.36. The second kappa shape index (κ2) is 7.09. The lowest BCUT2D eigenvalue weighted by Crippen LogP contribution is -2.26. The molecule has 134 valence electrons. The molecule has 1 N–H and O–H groups in total. The van der Waals surface area contributed by atoms with E-state index in [2.05, 4.69) is 19.6 Å². The van der Waals surface area contributed by atoms with E-state index in [9.17, 15) is 8.42 Å². The van der Waals surface area contributed by atoms with Crippen molar-refractivity contribution in [1.82, 2.24) is 14.7 Å². The van der Waals surface area contributed by atoms with Crippen molar-refractivity contribution in [2.45, 2.75) is 45.1 Å². The number of anilines is 1. The molecule has 0 radical (unpaired) electrons. The lowest BCUT2D eigenvalue weighted by atomic mass is 10.2. The summed E-state index contributed by atoms with van der Waals surface area (Å²) in [5.74, 6) is 1.38. The van der Waals surface area contributed by atoms with Gasteiger partial charge < -0.3 is 4.90 Å². The average Bonchev–Trinajstić information content (AvgIpc) is 3.09. The topological polar surface area (TPSA) is 75.2 Å². The van der Waals surface area contributed by atoms with Crippen LogP contribution in [0.4, 0.5) is 5.82 Å². The number of aryl methyl sites for hydroxylation is 3. The minimum atomic E-state index is -3.60. The van der Waals surface area contributed by atoms with Crippen LogP contribution in [0.1, 0.15) is 35.5 Å². The van der Waals surface area contributed by atoms with Gasteiger partial charge in [0, 0.05) is 24.8 Å². The average molecular weight is 360 g/mol. The number of hydrogen-bond donors (Lipinski definition) is 1. The molecular formula is C18H24N4O2S. The molecule has 2 heterocycles. The Bertz CT molecular complexity index is 875. The minimum Gasteiger partial charge on any atom is -0.357 e. The summed E-state index contributed by atoms with van der Waals surface area (Å²) in [6.45, 7) is 7.64. The van der Waals surface area contributed by atoms with Crippen molar-refractivity contribution in [3.8, 4) is 0 Å². The highest BCUT2D eigenvalue weighted by Crippen LogP contribution is 2.19. The van der Waals surface area contributed by atoms with E-state index >= 15 is 0 Å². The molecule has 0 aliphatic carbocycles. The highest BCUT2D eigenvalue weighted by atomic mass is 32.2. The normalized spacial score (nSPS) is 14.9. The maximum atomic E-state index is 12.6. The Hall–Kier alpha value is -1.99. The second-order valence-corrected chi connectivity index (χ2v) is 8.31. The van der Waals surface area contributed by atoms with Crippen LogP contribution in [-0.2, 0) is 16.6 Å². The van der Waals surface area contributed by atoms with Crippen LogP contribution in [0.5, 0.6) is 0 Å². The lowest BCUT2D eigenvalue weighted by molar-refractivity contribution is 0.578. The summed E-state index contributed by atoms with van der Waals surface area (Å²) >= 11 is 0. The zero-order valence-electron chi connectivity index (χ0n) is 14.9. The Morgan fingerprint density at radius 2 is 1.80 bits per heavy atom. The third kappa shape index (κ3) is 4.16. The van der Waals surface area contributed by atoms with Crippen LogP contribution in [0.3, 0.4) is 0 Å². The Labute approximate surface area is 149 Å². The van der Waals surface area contributed by atoms with Crippen LogP contribution in [0.2, 0.25) is 0 Å². The molecule has 1 aromatic heterocycles. The Kier molecular flexibility index (Phi) is 5.06. The largest absolute Gasteiger partial charge is 0.357 e. The zero-order chi connectivity index (χ0) is 18.0. The summed E-state index contributed by atoms with van der Waals surface area (Å²) in [5, 5.41) is 0. The summed E-state index contributed by atoms with van der Waals surface area (Å²) in [5.41, 5.74) is 2.48. The summed E-state index contributed by atoms with van der Waals surface area (Å²) in [7, 11) is -3.60. The van der Waals surface area contributed by atoms with Crippen molar-refractivity contribution in [3.63, 3.8) is 0 Å². The number of sulfonamides is 1. The summed E-state index contributed by atoms with van der Waals surface area (Å²) in [6.07, 6.45) is 2.33. The van der Waals surface area contributed by atoms with E-state index in [1.54, 1.807) is 13.0 Å². The van der Waals surface area contributed by atoms with Gasteiger partial charge in [0.15, 0.2) is 0 Å². The van der Waals surface area contributed by atoms with Crippen molar-refractivity contribution in [2.75, 3.05) is 18.0 Å². The van der Waals surface area contributed by atoms with Crippen molar-refractivity contribution in [3.05, 3.63) is 46.9 Å². The molecule has 25 heavy (non-hydrogen) atoms. The molecule has 0 amide bonds. The number of aromatic nitrogens is 2. The highest BCUT2D eigenvalue weighted by Gasteiger charge is 2.19. The molecule has 7 heteroatoms. The molecule has 0 unspecified atom stereocenters. The van der Waals surface area contributed by atoms with Crippen molar-refractivity contribution in [1.29, 1.82) is 0 Å². The van der Waals surface area contributed by atoms with Crippen LogP contribution in [0.15, 0.2) is 29.2 Å². The summed E-state index contributed by atoms with van der Waals surface area (Å²) in [4.78, 5) is 11.4. The maximum Gasteiger partial charge on any atom is 0.241 e. The smallest absolute Gasteiger partial charge is 0.241 e. The van der Waals surface area contributed by atoms with Gasteiger partial charge in [-0.2, -0.15) is 0 Å². The van der Waals surface area contributed by atoms with Gasteiger partial charge in [0.1, 0.15) is 11.6 Å². The first kappa shape index (κ1) is 17.8. The first-order chi connectivity index (χ1) is 11.8. The molecule has 2 aromatic rings. The van der Waals surface area contributed by atoms with Gasteiger partial charge >= 0.3 is 0 Å². The van der Waals surface area contributed by atoms with Gasteiger partial charge in [-0.1, -0.05) is 12.1 Å². The Balaban J connectivity index is 1.79. The molecule has 1 aliphatic rings. The molecule has 0 atom stereocenters. The maximum absolute atomic E-state index is 12.6. The van der Waals surface area contributed by atoms with Gasteiger partial charge in [0.2, 0.25) is 10.0 Å². The molecule has 6 nitrogen and oxygen atoms in total. The van der Waals surface area contributed by atoms with E-state index in [1.165, 1.54) is 0 Å². The molecular weight excluding hydrogens is 336 g/mol. The van der Waals surface area contributed by atoms with Crippen LogP contribution >= 0.6 is 0 Å². The molecule has 1 aliphatic heterocycles. The van der Waals surface area contributed by atoms with Crippen molar-refractivity contribution < 1.29 is 8.42 Å². The standard InChI is InChI=1S/C18H24N4O2S/c1-13-6-7-14(2)16(10-13)25(23,24)19-12-17-20-15(3)11-18(21-17)22-8-4-5-9-22/h6-7,10-11,19H,4-5,8-9,12H2,1-3H3. The van der Waals surface area contributed by atoms with E-state index in [-0.39, 0.29) is 6.54 Å². The molecule has 0 bridgehead atoms. The predicted molar refractivity (Wildman–Crippen MR) is 98.2 cm³/mol. The SMILES string of the molecule is Cc1ccc(C)c(S(=O)(=O)NCc2nc(C)cc(N3CCCC3)n2)c1. The quantitative estimate of drug-likeness (QED) is 0.887. The van der Waals surface area contributed by atoms with Gasteiger partial charge in [-0.05, 0) is 50.8 Å². The predicted octanol–water partition coefficient (Wildman–Crippen LogP) is 2.48. The van der Waals surface area contributed by atoms with E-state index in [0.29, 0.717) is 10.7 Å². The van der Waals surface area contributed by atoms with Crippen molar-refractivity contribution in [2.24, 2.45) is 0 Å². The number of nitrogens with zero attached hydrogens (tertiary/aromatic N) is 3. The van der Waals surface area contributed by atoms with E-state index in [4.69, 9.17) is 0 Å². The third-order valence-corrected chi connectivity index (χ3v) is 5.91. The van der Waals surface area contributed by atoms with Gasteiger partial charge in [-0.25, -0.2) is 23.1 Å². The lowest BCUT2D eigenvalue weighted by Gasteiger charge is -2.17. The van der Waals surface area contributed by atoms with Crippen molar-refractivity contribution >= 4 is 15.8 Å². The molecule has 1 aromatic carbocycles. The number of hydrogen-bond acceptors (Lipinski definition) is 5. The first-order valence-corrected chi connectivity index (χ1v) is 10.00. The van der Waals surface area contributed by atoms with Gasteiger partial charge in [-0.3, -0.25) is 0 Å². The molecule has 1 fully saturated rings. The van der Waals surface area contributed by atoms with Crippen LogP contribution in [-0.4, -0.2) is 31.5 Å². The number of nitrogens with one attached hydrogen (secondary N) is 1. The van der Waals surface area contributed by atoms with Crippen LogP contribution in [0, 0.1) is 20.8 Å². The molecule has 0 spiro atoms. The van der Waals surface area contributed by atoms with E-state index in [0.717, 1.165) is 48.6 Å². The fraction of sp³-hybridized carbons (Fsp3) is 0.444. The molecule has 1 saturated heterocycles. The molecule has 3 rings (SSSR count). The summed E-state index contributed by atoms with van der Waals surface area (Å²) < 4.78 is 27.9. The highest BCUT2D eigenvalue weighted by molar-refractivity contribution is 7.89.